The summed E-state index contributed by atoms with van der Waals surface area (Å²) in [7, 11) is 0. The maximum absolute atomic E-state index is 11.6. The van der Waals surface area contributed by atoms with Crippen molar-refractivity contribution in [1.82, 2.24) is 10.6 Å². The second-order valence-corrected chi connectivity index (χ2v) is 6.17. The van der Waals surface area contributed by atoms with Crippen LogP contribution in [0.4, 0.5) is 0 Å². The SMILES string of the molecule is CC(NCc1ccc(OCC(=O)NC(C)(C)C)cc1)C(=O)O. The van der Waals surface area contributed by atoms with Crippen molar-refractivity contribution in [2.24, 2.45) is 0 Å². The smallest absolute Gasteiger partial charge is 0.320 e. The summed E-state index contributed by atoms with van der Waals surface area (Å²) >= 11 is 0. The molecule has 1 unspecified atom stereocenters. The quantitative estimate of drug-likeness (QED) is 0.711. The molecule has 0 fully saturated rings. The third kappa shape index (κ3) is 7.08. The van der Waals surface area contributed by atoms with E-state index in [9.17, 15) is 9.59 Å². The Balaban J connectivity index is 2.42. The summed E-state index contributed by atoms with van der Waals surface area (Å²) in [5.74, 6) is -0.461. The highest BCUT2D eigenvalue weighted by Gasteiger charge is 2.14. The number of hydrogen-bond acceptors (Lipinski definition) is 4. The predicted molar refractivity (Wildman–Crippen MR) is 83.8 cm³/mol. The van der Waals surface area contributed by atoms with E-state index in [1.54, 1.807) is 19.1 Å². The molecular formula is C16H24N2O4. The van der Waals surface area contributed by atoms with Crippen LogP contribution in [0.1, 0.15) is 33.3 Å². The van der Waals surface area contributed by atoms with Gasteiger partial charge >= 0.3 is 5.97 Å². The van der Waals surface area contributed by atoms with Crippen molar-refractivity contribution in [3.05, 3.63) is 29.8 Å². The predicted octanol–water partition coefficient (Wildman–Crippen LogP) is 1.54. The molecule has 0 aliphatic carbocycles. The van der Waals surface area contributed by atoms with Gasteiger partial charge in [0, 0.05) is 12.1 Å². The first-order valence-electron chi connectivity index (χ1n) is 7.16. The fraction of sp³-hybridized carbons (Fsp3) is 0.500. The number of hydrogen-bond donors (Lipinski definition) is 3. The highest BCUT2D eigenvalue weighted by atomic mass is 16.5. The van der Waals surface area contributed by atoms with Crippen LogP contribution in [-0.4, -0.2) is 35.2 Å². The molecule has 6 nitrogen and oxygen atoms in total. The van der Waals surface area contributed by atoms with Gasteiger partial charge in [-0.2, -0.15) is 0 Å². The summed E-state index contributed by atoms with van der Waals surface area (Å²) in [6, 6.07) is 6.58. The van der Waals surface area contributed by atoms with Crippen LogP contribution in [0.2, 0.25) is 0 Å². The van der Waals surface area contributed by atoms with Gasteiger partial charge in [0.05, 0.1) is 0 Å². The van der Waals surface area contributed by atoms with Crippen molar-refractivity contribution in [3.8, 4) is 5.75 Å². The molecule has 1 rings (SSSR count). The Morgan fingerprint density at radius 2 is 1.82 bits per heavy atom. The third-order valence-corrected chi connectivity index (χ3v) is 2.79. The Hall–Kier alpha value is -2.08. The van der Waals surface area contributed by atoms with Gasteiger partial charge < -0.3 is 20.5 Å². The van der Waals surface area contributed by atoms with E-state index >= 15 is 0 Å². The van der Waals surface area contributed by atoms with Crippen LogP contribution in [0.25, 0.3) is 0 Å². The molecule has 0 aliphatic rings. The first-order valence-corrected chi connectivity index (χ1v) is 7.16. The standard InChI is InChI=1S/C16H24N2O4/c1-11(15(20)21)17-9-12-5-7-13(8-6-12)22-10-14(19)18-16(2,3)4/h5-8,11,17H,9-10H2,1-4H3,(H,18,19)(H,20,21). The van der Waals surface area contributed by atoms with Gasteiger partial charge in [-0.05, 0) is 45.4 Å². The van der Waals surface area contributed by atoms with Crippen LogP contribution < -0.4 is 15.4 Å². The van der Waals surface area contributed by atoms with Gasteiger partial charge in [0.25, 0.3) is 5.91 Å². The zero-order valence-electron chi connectivity index (χ0n) is 13.5. The van der Waals surface area contributed by atoms with E-state index in [-0.39, 0.29) is 18.1 Å². The number of aliphatic carboxylic acids is 1. The van der Waals surface area contributed by atoms with E-state index in [1.165, 1.54) is 0 Å². The van der Waals surface area contributed by atoms with Gasteiger partial charge in [0.15, 0.2) is 6.61 Å². The lowest BCUT2D eigenvalue weighted by Gasteiger charge is -2.20. The molecule has 0 bridgehead atoms. The molecule has 0 spiro atoms. The number of ether oxygens (including phenoxy) is 1. The van der Waals surface area contributed by atoms with Crippen molar-refractivity contribution >= 4 is 11.9 Å². The summed E-state index contributed by atoms with van der Waals surface area (Å²) in [5.41, 5.74) is 0.663. The molecule has 0 heterocycles. The summed E-state index contributed by atoms with van der Waals surface area (Å²) in [6.45, 7) is 7.73. The van der Waals surface area contributed by atoms with Gasteiger partial charge in [-0.25, -0.2) is 0 Å². The fourth-order valence-corrected chi connectivity index (χ4v) is 1.67. The lowest BCUT2D eigenvalue weighted by molar-refractivity contribution is -0.139. The summed E-state index contributed by atoms with van der Waals surface area (Å²) in [5, 5.41) is 14.5. The van der Waals surface area contributed by atoms with Gasteiger partial charge in [-0.3, -0.25) is 9.59 Å². The van der Waals surface area contributed by atoms with E-state index < -0.39 is 12.0 Å². The number of benzene rings is 1. The number of rotatable bonds is 7. The van der Waals surface area contributed by atoms with E-state index in [1.807, 2.05) is 32.9 Å². The molecule has 0 aromatic heterocycles. The van der Waals surface area contributed by atoms with Crippen LogP contribution >= 0.6 is 0 Å². The lowest BCUT2D eigenvalue weighted by Crippen LogP contribution is -2.43. The number of carboxylic acid groups (broad SMARTS) is 1. The van der Waals surface area contributed by atoms with Gasteiger partial charge in [0.2, 0.25) is 0 Å². The van der Waals surface area contributed by atoms with Crippen molar-refractivity contribution < 1.29 is 19.4 Å². The van der Waals surface area contributed by atoms with E-state index in [0.29, 0.717) is 12.3 Å². The highest BCUT2D eigenvalue weighted by Crippen LogP contribution is 2.12. The van der Waals surface area contributed by atoms with Crippen molar-refractivity contribution in [1.29, 1.82) is 0 Å². The average molecular weight is 308 g/mol. The summed E-state index contributed by atoms with van der Waals surface area (Å²) in [4.78, 5) is 22.3. The minimum Gasteiger partial charge on any atom is -0.484 e. The monoisotopic (exact) mass is 308 g/mol. The maximum atomic E-state index is 11.6. The highest BCUT2D eigenvalue weighted by molar-refractivity contribution is 5.78. The normalized spacial score (nSPS) is 12.5. The maximum Gasteiger partial charge on any atom is 0.320 e. The number of carboxylic acids is 1. The first-order chi connectivity index (χ1) is 10.2. The molecule has 1 amide bonds. The van der Waals surface area contributed by atoms with E-state index in [0.717, 1.165) is 5.56 Å². The fourth-order valence-electron chi connectivity index (χ4n) is 1.67. The molecule has 1 atom stereocenters. The van der Waals surface area contributed by atoms with Crippen molar-refractivity contribution in [2.45, 2.75) is 45.8 Å². The van der Waals surface area contributed by atoms with Crippen LogP contribution in [0, 0.1) is 0 Å². The molecule has 22 heavy (non-hydrogen) atoms. The third-order valence-electron chi connectivity index (χ3n) is 2.79. The molecule has 6 heteroatoms. The molecule has 1 aromatic carbocycles. The number of carbonyl (C=O) groups excluding carboxylic acids is 1. The Labute approximate surface area is 130 Å². The summed E-state index contributed by atoms with van der Waals surface area (Å²) in [6.07, 6.45) is 0. The van der Waals surface area contributed by atoms with Crippen LogP contribution in [0.15, 0.2) is 24.3 Å². The Morgan fingerprint density at radius 1 is 1.23 bits per heavy atom. The molecule has 0 saturated heterocycles. The first kappa shape index (κ1) is 18.0. The Morgan fingerprint density at radius 3 is 2.32 bits per heavy atom. The van der Waals surface area contributed by atoms with Gasteiger partial charge in [-0.1, -0.05) is 12.1 Å². The molecule has 0 radical (unpaired) electrons. The minimum absolute atomic E-state index is 0.0368. The molecule has 0 aliphatic heterocycles. The van der Waals surface area contributed by atoms with Crippen LogP contribution in [-0.2, 0) is 16.1 Å². The molecular weight excluding hydrogens is 284 g/mol. The largest absolute Gasteiger partial charge is 0.484 e. The zero-order valence-corrected chi connectivity index (χ0v) is 13.5. The van der Waals surface area contributed by atoms with E-state index in [4.69, 9.17) is 9.84 Å². The minimum atomic E-state index is -0.884. The van der Waals surface area contributed by atoms with Crippen LogP contribution in [0.5, 0.6) is 5.75 Å². The summed E-state index contributed by atoms with van der Waals surface area (Å²) < 4.78 is 5.41. The van der Waals surface area contributed by atoms with Gasteiger partial charge in [0.1, 0.15) is 11.8 Å². The Bertz CT molecular complexity index is 506. The second kappa shape index (κ2) is 7.79. The molecule has 0 saturated carbocycles. The van der Waals surface area contributed by atoms with Gasteiger partial charge in [-0.15, -0.1) is 0 Å². The second-order valence-electron chi connectivity index (χ2n) is 6.17. The zero-order chi connectivity index (χ0) is 16.8. The number of carbonyl (C=O) groups is 2. The molecule has 122 valence electrons. The van der Waals surface area contributed by atoms with E-state index in [2.05, 4.69) is 10.6 Å². The average Bonchev–Trinajstić information content (AvgIpc) is 2.41. The Kier molecular flexibility index (Phi) is 6.37. The van der Waals surface area contributed by atoms with Crippen LogP contribution in [0.3, 0.4) is 0 Å². The number of nitrogens with one attached hydrogen (secondary N) is 2. The molecule has 1 aromatic rings. The molecule has 3 N–H and O–H groups in total. The lowest BCUT2D eigenvalue weighted by atomic mass is 10.1. The topological polar surface area (TPSA) is 87.7 Å². The number of amides is 1. The van der Waals surface area contributed by atoms with Crippen molar-refractivity contribution in [2.75, 3.05) is 6.61 Å². The van der Waals surface area contributed by atoms with Crippen molar-refractivity contribution in [3.63, 3.8) is 0 Å².